The van der Waals surface area contributed by atoms with Crippen molar-refractivity contribution in [2.75, 3.05) is 7.11 Å². The Kier molecular flexibility index (Phi) is 3.61. The molecule has 0 amide bonds. The van der Waals surface area contributed by atoms with Crippen LogP contribution in [-0.4, -0.2) is 18.3 Å². The van der Waals surface area contributed by atoms with Gasteiger partial charge in [0.15, 0.2) is 5.54 Å². The van der Waals surface area contributed by atoms with Gasteiger partial charge in [-0.2, -0.15) is 13.2 Å². The van der Waals surface area contributed by atoms with Gasteiger partial charge in [-0.15, -0.1) is 11.3 Å². The van der Waals surface area contributed by atoms with Gasteiger partial charge >= 0.3 is 6.18 Å². The Labute approximate surface area is 95.4 Å². The van der Waals surface area contributed by atoms with Gasteiger partial charge in [0, 0.05) is 12.5 Å². The minimum absolute atomic E-state index is 0.177. The zero-order valence-corrected chi connectivity index (χ0v) is 9.95. The molecule has 0 saturated heterocycles. The standard InChI is InChI=1S/C9H13F3N2OS/c1-5(15-3)7-14-6(4-16-7)8(2,13)9(10,11)12/h4-5H,13H2,1-3H3. The van der Waals surface area contributed by atoms with E-state index in [1.165, 1.54) is 12.5 Å². The number of nitrogens with zero attached hydrogens (tertiary/aromatic N) is 1. The number of nitrogens with two attached hydrogens (primary N) is 1. The molecular weight excluding hydrogens is 241 g/mol. The maximum Gasteiger partial charge on any atom is 0.411 e. The minimum Gasteiger partial charge on any atom is -0.375 e. The highest BCUT2D eigenvalue weighted by Crippen LogP contribution is 2.37. The van der Waals surface area contributed by atoms with E-state index in [9.17, 15) is 13.2 Å². The summed E-state index contributed by atoms with van der Waals surface area (Å²) in [5, 5.41) is 1.80. The van der Waals surface area contributed by atoms with Crippen LogP contribution in [0.4, 0.5) is 13.2 Å². The van der Waals surface area contributed by atoms with E-state index in [0.717, 1.165) is 18.3 Å². The van der Waals surface area contributed by atoms with Crippen molar-refractivity contribution in [1.29, 1.82) is 0 Å². The first-order chi connectivity index (χ1) is 7.20. The summed E-state index contributed by atoms with van der Waals surface area (Å²) in [5.41, 5.74) is 2.65. The van der Waals surface area contributed by atoms with Crippen LogP contribution in [0, 0.1) is 0 Å². The van der Waals surface area contributed by atoms with Crippen LogP contribution in [0.25, 0.3) is 0 Å². The van der Waals surface area contributed by atoms with Crippen molar-refractivity contribution in [1.82, 2.24) is 4.98 Å². The molecule has 0 aliphatic rings. The van der Waals surface area contributed by atoms with Gasteiger partial charge in [0.25, 0.3) is 0 Å². The normalized spacial score (nSPS) is 18.2. The third-order valence-electron chi connectivity index (χ3n) is 2.34. The molecule has 7 heteroatoms. The number of ether oxygens (including phenoxy) is 1. The Morgan fingerprint density at radius 3 is 2.50 bits per heavy atom. The lowest BCUT2D eigenvalue weighted by Gasteiger charge is -2.25. The lowest BCUT2D eigenvalue weighted by Crippen LogP contribution is -2.48. The van der Waals surface area contributed by atoms with E-state index in [2.05, 4.69) is 4.98 Å². The number of alkyl halides is 3. The van der Waals surface area contributed by atoms with Gasteiger partial charge in [-0.3, -0.25) is 0 Å². The molecule has 0 saturated carbocycles. The number of hydrogen-bond acceptors (Lipinski definition) is 4. The number of rotatable bonds is 3. The first kappa shape index (κ1) is 13.4. The van der Waals surface area contributed by atoms with Crippen molar-refractivity contribution < 1.29 is 17.9 Å². The number of halogens is 3. The predicted octanol–water partition coefficient (Wildman–Crippen LogP) is 2.59. The van der Waals surface area contributed by atoms with Gasteiger partial charge in [0.05, 0.1) is 5.69 Å². The average molecular weight is 254 g/mol. The second kappa shape index (κ2) is 4.31. The molecule has 2 unspecified atom stereocenters. The average Bonchev–Trinajstić information content (AvgIpc) is 2.64. The fraction of sp³-hybridized carbons (Fsp3) is 0.667. The van der Waals surface area contributed by atoms with Crippen LogP contribution in [0.1, 0.15) is 30.7 Å². The maximum absolute atomic E-state index is 12.6. The highest BCUT2D eigenvalue weighted by molar-refractivity contribution is 7.09. The summed E-state index contributed by atoms with van der Waals surface area (Å²) >= 11 is 1.11. The van der Waals surface area contributed by atoms with Crippen LogP contribution >= 0.6 is 11.3 Å². The van der Waals surface area contributed by atoms with Crippen LogP contribution in [0.3, 0.4) is 0 Å². The van der Waals surface area contributed by atoms with E-state index in [1.54, 1.807) is 6.92 Å². The van der Waals surface area contributed by atoms with E-state index in [1.807, 2.05) is 0 Å². The van der Waals surface area contributed by atoms with Gasteiger partial charge in [-0.25, -0.2) is 4.98 Å². The summed E-state index contributed by atoms with van der Waals surface area (Å²) in [5.74, 6) is 0. The van der Waals surface area contributed by atoms with Crippen molar-refractivity contribution in [3.8, 4) is 0 Å². The minimum atomic E-state index is -4.52. The molecule has 0 spiro atoms. The largest absolute Gasteiger partial charge is 0.411 e. The molecule has 0 fully saturated rings. The third kappa shape index (κ3) is 2.36. The van der Waals surface area contributed by atoms with E-state index in [-0.39, 0.29) is 11.8 Å². The molecule has 1 heterocycles. The zero-order valence-electron chi connectivity index (χ0n) is 9.13. The first-order valence-electron chi connectivity index (χ1n) is 4.54. The molecule has 1 aromatic heterocycles. The predicted molar refractivity (Wildman–Crippen MR) is 55.1 cm³/mol. The second-order valence-corrected chi connectivity index (χ2v) is 4.54. The molecule has 2 atom stereocenters. The van der Waals surface area contributed by atoms with Crippen molar-refractivity contribution in [3.63, 3.8) is 0 Å². The topological polar surface area (TPSA) is 48.1 Å². The molecular formula is C9H13F3N2OS. The lowest BCUT2D eigenvalue weighted by atomic mass is 10.00. The molecule has 0 bridgehead atoms. The van der Waals surface area contributed by atoms with Crippen molar-refractivity contribution >= 4 is 11.3 Å². The zero-order chi connectivity index (χ0) is 12.6. The summed E-state index contributed by atoms with van der Waals surface area (Å²) in [6.07, 6.45) is -4.85. The second-order valence-electron chi connectivity index (χ2n) is 3.65. The highest BCUT2D eigenvalue weighted by atomic mass is 32.1. The quantitative estimate of drug-likeness (QED) is 0.901. The van der Waals surface area contributed by atoms with Gasteiger partial charge in [0.2, 0.25) is 0 Å². The van der Waals surface area contributed by atoms with Crippen LogP contribution in [0.5, 0.6) is 0 Å². The van der Waals surface area contributed by atoms with Crippen LogP contribution in [0.2, 0.25) is 0 Å². The van der Waals surface area contributed by atoms with E-state index < -0.39 is 11.7 Å². The molecule has 0 aliphatic heterocycles. The fourth-order valence-corrected chi connectivity index (χ4v) is 1.93. The van der Waals surface area contributed by atoms with E-state index in [4.69, 9.17) is 10.5 Å². The molecule has 1 aromatic rings. The van der Waals surface area contributed by atoms with Crippen molar-refractivity contribution in [3.05, 3.63) is 16.1 Å². The molecule has 3 nitrogen and oxygen atoms in total. The summed E-state index contributed by atoms with van der Waals surface area (Å²) in [6.45, 7) is 2.62. The lowest BCUT2D eigenvalue weighted by molar-refractivity contribution is -0.185. The van der Waals surface area contributed by atoms with Crippen LogP contribution < -0.4 is 5.73 Å². The van der Waals surface area contributed by atoms with E-state index in [0.29, 0.717) is 5.01 Å². The van der Waals surface area contributed by atoms with Crippen LogP contribution in [-0.2, 0) is 10.3 Å². The summed E-state index contributed by atoms with van der Waals surface area (Å²) in [4.78, 5) is 3.87. The number of methoxy groups -OCH3 is 1. The molecule has 92 valence electrons. The Morgan fingerprint density at radius 2 is 2.06 bits per heavy atom. The summed E-state index contributed by atoms with van der Waals surface area (Å²) in [7, 11) is 1.47. The SMILES string of the molecule is COC(C)c1nc(C(C)(N)C(F)(F)F)cs1. The van der Waals surface area contributed by atoms with Gasteiger partial charge in [-0.1, -0.05) is 0 Å². The third-order valence-corrected chi connectivity index (χ3v) is 3.35. The van der Waals surface area contributed by atoms with Gasteiger partial charge in [0.1, 0.15) is 11.1 Å². The van der Waals surface area contributed by atoms with E-state index >= 15 is 0 Å². The molecule has 16 heavy (non-hydrogen) atoms. The Hall–Kier alpha value is -0.660. The molecule has 0 aromatic carbocycles. The monoisotopic (exact) mass is 254 g/mol. The Bertz CT molecular complexity index is 362. The van der Waals surface area contributed by atoms with Gasteiger partial charge in [-0.05, 0) is 13.8 Å². The van der Waals surface area contributed by atoms with Crippen LogP contribution in [0.15, 0.2) is 5.38 Å². The molecule has 0 aliphatic carbocycles. The fourth-order valence-electron chi connectivity index (χ4n) is 0.959. The highest BCUT2D eigenvalue weighted by Gasteiger charge is 2.51. The molecule has 2 N–H and O–H groups in total. The first-order valence-corrected chi connectivity index (χ1v) is 5.42. The molecule has 1 rings (SSSR count). The Morgan fingerprint density at radius 1 is 1.50 bits per heavy atom. The summed E-state index contributed by atoms with van der Waals surface area (Å²) in [6, 6.07) is 0. The summed E-state index contributed by atoms with van der Waals surface area (Å²) < 4.78 is 42.8. The number of thiazole rings is 1. The Balaban J connectivity index is 3.02. The van der Waals surface area contributed by atoms with Gasteiger partial charge < -0.3 is 10.5 Å². The van der Waals surface area contributed by atoms with Crippen molar-refractivity contribution in [2.45, 2.75) is 31.7 Å². The number of hydrogen-bond donors (Lipinski definition) is 1. The molecule has 0 radical (unpaired) electrons. The maximum atomic E-state index is 12.6. The van der Waals surface area contributed by atoms with Crippen molar-refractivity contribution in [2.24, 2.45) is 5.73 Å². The number of aromatic nitrogens is 1. The smallest absolute Gasteiger partial charge is 0.375 e.